The molecule has 0 aliphatic rings. The van der Waals surface area contributed by atoms with Gasteiger partial charge in [-0.05, 0) is 5.92 Å². The van der Waals surface area contributed by atoms with Gasteiger partial charge in [-0.1, -0.05) is 20.3 Å². The van der Waals surface area contributed by atoms with Gasteiger partial charge < -0.3 is 0 Å². The lowest BCUT2D eigenvalue weighted by molar-refractivity contribution is -0.545. The minimum Gasteiger partial charge on any atom is -0.235 e. The summed E-state index contributed by atoms with van der Waals surface area (Å²) < 4.78 is 0. The van der Waals surface area contributed by atoms with Crippen molar-refractivity contribution in [2.45, 2.75) is 20.3 Å². The first-order valence-electron chi connectivity index (χ1n) is 3.04. The summed E-state index contributed by atoms with van der Waals surface area (Å²) in [6.45, 7) is 4.44. The van der Waals surface area contributed by atoms with E-state index in [1.165, 1.54) is 0 Å². The van der Waals surface area contributed by atoms with Crippen LogP contribution in [0.4, 0.5) is 0 Å². The molecule has 0 rings (SSSR count). The van der Waals surface area contributed by atoms with Crippen LogP contribution in [0.15, 0.2) is 0 Å². The Balaban J connectivity index is 3.16. The van der Waals surface area contributed by atoms with Gasteiger partial charge >= 0.3 is 0 Å². The third-order valence-corrected chi connectivity index (χ3v) is 1.27. The number of nitrogens with zero attached hydrogens (tertiary/aromatic N) is 1. The lowest BCUT2D eigenvalue weighted by atomic mass is 10.1. The summed E-state index contributed by atoms with van der Waals surface area (Å²) in [7, 11) is 0. The average Bonchev–Trinajstić information content (AvgIpc) is 1.83. The standard InChI is InChI=1S/C5H12N2O2/c1-3-5(2)4-6-7(8)9/h5-6H,3-4H2,1-2H3. The van der Waals surface area contributed by atoms with Crippen molar-refractivity contribution in [3.05, 3.63) is 10.1 Å². The first-order valence-corrected chi connectivity index (χ1v) is 3.04. The van der Waals surface area contributed by atoms with Gasteiger partial charge in [0.15, 0.2) is 5.03 Å². The Hall–Kier alpha value is -0.800. The second-order valence-electron chi connectivity index (χ2n) is 2.13. The van der Waals surface area contributed by atoms with Crippen molar-refractivity contribution < 1.29 is 5.03 Å². The van der Waals surface area contributed by atoms with Crippen LogP contribution in [0.1, 0.15) is 20.3 Å². The largest absolute Gasteiger partial charge is 0.235 e. The fourth-order valence-corrected chi connectivity index (χ4v) is 0.375. The Bertz CT molecular complexity index is 95.0. The smallest absolute Gasteiger partial charge is 0.157 e. The molecule has 0 aromatic rings. The molecule has 0 heterocycles. The lowest BCUT2D eigenvalue weighted by Gasteiger charge is -2.03. The molecule has 0 radical (unpaired) electrons. The third kappa shape index (κ3) is 5.06. The molecule has 0 aliphatic heterocycles. The van der Waals surface area contributed by atoms with E-state index in [4.69, 9.17) is 0 Å². The van der Waals surface area contributed by atoms with Gasteiger partial charge in [-0.3, -0.25) is 0 Å². The van der Waals surface area contributed by atoms with E-state index in [0.717, 1.165) is 6.42 Å². The van der Waals surface area contributed by atoms with Crippen LogP contribution in [0.5, 0.6) is 0 Å². The molecule has 0 fully saturated rings. The quantitative estimate of drug-likeness (QED) is 0.455. The summed E-state index contributed by atoms with van der Waals surface area (Å²) in [5.41, 5.74) is 2.12. The highest BCUT2D eigenvalue weighted by atomic mass is 16.7. The molecule has 4 heteroatoms. The molecule has 0 aromatic carbocycles. The van der Waals surface area contributed by atoms with Gasteiger partial charge in [0.1, 0.15) is 0 Å². The molecule has 1 N–H and O–H groups in total. The average molecular weight is 132 g/mol. The topological polar surface area (TPSA) is 55.2 Å². The summed E-state index contributed by atoms with van der Waals surface area (Å²) >= 11 is 0. The van der Waals surface area contributed by atoms with E-state index in [0.29, 0.717) is 12.5 Å². The van der Waals surface area contributed by atoms with Crippen LogP contribution in [0.3, 0.4) is 0 Å². The zero-order valence-electron chi connectivity index (χ0n) is 5.76. The number of rotatable bonds is 4. The van der Waals surface area contributed by atoms with Gasteiger partial charge in [-0.25, -0.2) is 10.1 Å². The van der Waals surface area contributed by atoms with Crippen LogP contribution < -0.4 is 5.43 Å². The molecule has 0 amide bonds. The van der Waals surface area contributed by atoms with Gasteiger partial charge in [0, 0.05) is 0 Å². The number of nitro groups is 1. The highest BCUT2D eigenvalue weighted by Gasteiger charge is 2.00. The lowest BCUT2D eigenvalue weighted by Crippen LogP contribution is -2.26. The van der Waals surface area contributed by atoms with E-state index in [1.54, 1.807) is 0 Å². The van der Waals surface area contributed by atoms with Crippen molar-refractivity contribution in [1.29, 1.82) is 0 Å². The maximum Gasteiger partial charge on any atom is 0.157 e. The molecule has 1 unspecified atom stereocenters. The van der Waals surface area contributed by atoms with Gasteiger partial charge in [0.2, 0.25) is 0 Å². The molecule has 9 heavy (non-hydrogen) atoms. The third-order valence-electron chi connectivity index (χ3n) is 1.27. The maximum atomic E-state index is 9.71. The van der Waals surface area contributed by atoms with Crippen LogP contribution in [-0.4, -0.2) is 11.6 Å². The zero-order chi connectivity index (χ0) is 7.28. The molecule has 54 valence electrons. The number of nitrogens with one attached hydrogen (secondary N) is 1. The minimum absolute atomic E-state index is 0.385. The van der Waals surface area contributed by atoms with Crippen LogP contribution in [-0.2, 0) is 0 Å². The summed E-state index contributed by atoms with van der Waals surface area (Å²) in [5.74, 6) is 0.385. The maximum absolute atomic E-state index is 9.71. The van der Waals surface area contributed by atoms with Crippen molar-refractivity contribution >= 4 is 0 Å². The highest BCUT2D eigenvalue weighted by Crippen LogP contribution is 1.96. The van der Waals surface area contributed by atoms with Crippen LogP contribution in [0.25, 0.3) is 0 Å². The van der Waals surface area contributed by atoms with Crippen LogP contribution in [0, 0.1) is 16.0 Å². The van der Waals surface area contributed by atoms with E-state index in [-0.39, 0.29) is 0 Å². The summed E-state index contributed by atoms with van der Waals surface area (Å²) in [6, 6.07) is 0. The minimum atomic E-state index is -0.508. The number of hydrogen-bond acceptors (Lipinski definition) is 2. The van der Waals surface area contributed by atoms with Crippen molar-refractivity contribution in [1.82, 2.24) is 5.43 Å². The number of hydrazine groups is 1. The van der Waals surface area contributed by atoms with Crippen molar-refractivity contribution in [3.63, 3.8) is 0 Å². The molecule has 0 saturated heterocycles. The second kappa shape index (κ2) is 4.12. The molecule has 0 aliphatic carbocycles. The van der Waals surface area contributed by atoms with E-state index < -0.39 is 5.03 Å². The molecule has 0 spiro atoms. The van der Waals surface area contributed by atoms with Crippen molar-refractivity contribution in [2.75, 3.05) is 6.54 Å². The van der Waals surface area contributed by atoms with E-state index in [1.807, 2.05) is 13.8 Å². The summed E-state index contributed by atoms with van der Waals surface area (Å²) in [6.07, 6.45) is 0.973. The zero-order valence-corrected chi connectivity index (χ0v) is 5.76. The first kappa shape index (κ1) is 8.20. The van der Waals surface area contributed by atoms with Crippen LogP contribution >= 0.6 is 0 Å². The highest BCUT2D eigenvalue weighted by molar-refractivity contribution is 4.47. The molecule has 4 nitrogen and oxygen atoms in total. The summed E-state index contributed by atoms with van der Waals surface area (Å²) in [4.78, 5) is 9.71. The van der Waals surface area contributed by atoms with Crippen molar-refractivity contribution in [3.8, 4) is 0 Å². The molecular weight excluding hydrogens is 120 g/mol. The van der Waals surface area contributed by atoms with Gasteiger partial charge in [-0.15, -0.1) is 5.43 Å². The first-order chi connectivity index (χ1) is 4.16. The predicted octanol–water partition coefficient (Wildman–Crippen LogP) is 0.814. The number of hydrogen-bond donors (Lipinski definition) is 1. The second-order valence-corrected chi connectivity index (χ2v) is 2.13. The van der Waals surface area contributed by atoms with Crippen LogP contribution in [0.2, 0.25) is 0 Å². The van der Waals surface area contributed by atoms with Gasteiger partial charge in [0.25, 0.3) is 0 Å². The normalized spacial score (nSPS) is 12.7. The van der Waals surface area contributed by atoms with E-state index in [9.17, 15) is 10.1 Å². The fraction of sp³-hybridized carbons (Fsp3) is 1.00. The summed E-state index contributed by atoms with van der Waals surface area (Å²) in [5, 5.41) is 9.21. The monoisotopic (exact) mass is 132 g/mol. The Morgan fingerprint density at radius 3 is 2.67 bits per heavy atom. The molecule has 1 atom stereocenters. The molecule has 0 bridgehead atoms. The Kier molecular flexibility index (Phi) is 3.75. The van der Waals surface area contributed by atoms with E-state index in [2.05, 4.69) is 5.43 Å². The van der Waals surface area contributed by atoms with Crippen molar-refractivity contribution in [2.24, 2.45) is 5.92 Å². The van der Waals surface area contributed by atoms with Gasteiger partial charge in [-0.2, -0.15) is 0 Å². The Morgan fingerprint density at radius 1 is 1.78 bits per heavy atom. The fourth-order valence-electron chi connectivity index (χ4n) is 0.375. The molecule has 0 aromatic heterocycles. The SMILES string of the molecule is CCC(C)CN[N+](=O)[O-]. The van der Waals surface area contributed by atoms with Gasteiger partial charge in [0.05, 0.1) is 6.54 Å². The molecular formula is C5H12N2O2. The predicted molar refractivity (Wildman–Crippen MR) is 34.5 cm³/mol. The van der Waals surface area contributed by atoms with E-state index >= 15 is 0 Å². The molecule has 0 saturated carbocycles. The Labute approximate surface area is 54.4 Å². The Morgan fingerprint density at radius 2 is 2.33 bits per heavy atom.